The summed E-state index contributed by atoms with van der Waals surface area (Å²) in [6.45, 7) is 1.79. The number of carbonyl (C=O) groups excluding carboxylic acids is 1. The molecule has 0 aliphatic carbocycles. The number of benzene rings is 1. The lowest BCUT2D eigenvalue weighted by atomic mass is 10.1. The first-order valence-corrected chi connectivity index (χ1v) is 7.78. The minimum atomic E-state index is -3.87. The van der Waals surface area contributed by atoms with Crippen LogP contribution in [0.25, 0.3) is 0 Å². The fourth-order valence-electron chi connectivity index (χ4n) is 1.93. The van der Waals surface area contributed by atoms with E-state index in [0.717, 1.165) is 5.56 Å². The van der Waals surface area contributed by atoms with Crippen molar-refractivity contribution in [1.82, 2.24) is 4.57 Å². The SMILES string of the molecule is Cc1ccc(NC(=O)c2cc(S(N)(=O)=O)cn2C)cc1C#N. The van der Waals surface area contributed by atoms with Crippen LogP contribution in [-0.4, -0.2) is 18.9 Å². The second-order valence-electron chi connectivity index (χ2n) is 4.81. The molecule has 1 amide bonds. The Kier molecular flexibility index (Phi) is 4.03. The fourth-order valence-corrected chi connectivity index (χ4v) is 2.51. The lowest BCUT2D eigenvalue weighted by Gasteiger charge is -2.07. The number of primary sulfonamides is 1. The smallest absolute Gasteiger partial charge is 0.272 e. The second kappa shape index (κ2) is 5.63. The zero-order chi connectivity index (χ0) is 16.5. The number of nitrogens with one attached hydrogen (secondary N) is 1. The van der Waals surface area contributed by atoms with Crippen LogP contribution in [0.4, 0.5) is 5.69 Å². The van der Waals surface area contributed by atoms with Crippen LogP contribution in [0.2, 0.25) is 0 Å². The van der Waals surface area contributed by atoms with Gasteiger partial charge in [-0.15, -0.1) is 0 Å². The third kappa shape index (κ3) is 3.16. The lowest BCUT2D eigenvalue weighted by molar-refractivity contribution is 0.101. The Morgan fingerprint density at radius 2 is 2.05 bits per heavy atom. The molecule has 0 unspecified atom stereocenters. The van der Waals surface area contributed by atoms with Crippen LogP contribution in [0.15, 0.2) is 35.4 Å². The van der Waals surface area contributed by atoms with Crippen LogP contribution >= 0.6 is 0 Å². The Bertz CT molecular complexity index is 891. The van der Waals surface area contributed by atoms with Gasteiger partial charge in [0.1, 0.15) is 10.6 Å². The zero-order valence-electron chi connectivity index (χ0n) is 12.0. The van der Waals surface area contributed by atoms with E-state index in [1.165, 1.54) is 16.8 Å². The Balaban J connectivity index is 2.31. The quantitative estimate of drug-likeness (QED) is 0.881. The summed E-state index contributed by atoms with van der Waals surface area (Å²) in [5.74, 6) is -0.495. The molecule has 0 atom stereocenters. The Morgan fingerprint density at radius 3 is 2.59 bits per heavy atom. The highest BCUT2D eigenvalue weighted by atomic mass is 32.2. The van der Waals surface area contributed by atoms with Crippen molar-refractivity contribution < 1.29 is 13.2 Å². The number of hydrogen-bond acceptors (Lipinski definition) is 4. The number of hydrogen-bond donors (Lipinski definition) is 2. The van der Waals surface area contributed by atoms with Crippen molar-refractivity contribution >= 4 is 21.6 Å². The first-order chi connectivity index (χ1) is 10.2. The van der Waals surface area contributed by atoms with Crippen LogP contribution in [-0.2, 0) is 17.1 Å². The van der Waals surface area contributed by atoms with E-state index >= 15 is 0 Å². The highest BCUT2D eigenvalue weighted by molar-refractivity contribution is 7.89. The number of nitrogens with zero attached hydrogens (tertiary/aromatic N) is 2. The van der Waals surface area contributed by atoms with Crippen LogP contribution < -0.4 is 10.5 Å². The average Bonchev–Trinajstić information content (AvgIpc) is 2.83. The molecule has 22 heavy (non-hydrogen) atoms. The normalized spacial score (nSPS) is 11.0. The third-order valence-corrected chi connectivity index (χ3v) is 4.04. The molecular formula is C14H14N4O3S. The fraction of sp³-hybridized carbons (Fsp3) is 0.143. The summed E-state index contributed by atoms with van der Waals surface area (Å²) in [5, 5.41) is 16.6. The van der Waals surface area contributed by atoms with E-state index < -0.39 is 15.9 Å². The van der Waals surface area contributed by atoms with Crippen molar-refractivity contribution in [3.8, 4) is 6.07 Å². The molecule has 1 heterocycles. The number of nitriles is 1. The van der Waals surface area contributed by atoms with Gasteiger partial charge in [-0.2, -0.15) is 5.26 Å². The number of carbonyl (C=O) groups is 1. The predicted molar refractivity (Wildman–Crippen MR) is 80.6 cm³/mol. The largest absolute Gasteiger partial charge is 0.345 e. The van der Waals surface area contributed by atoms with Crippen molar-refractivity contribution in [2.75, 3.05) is 5.32 Å². The summed E-state index contributed by atoms with van der Waals surface area (Å²) in [6, 6.07) is 8.16. The molecule has 0 saturated heterocycles. The van der Waals surface area contributed by atoms with Crippen molar-refractivity contribution in [3.05, 3.63) is 47.3 Å². The maximum absolute atomic E-state index is 12.2. The van der Waals surface area contributed by atoms with Gasteiger partial charge in [0.05, 0.1) is 11.6 Å². The molecule has 0 spiro atoms. The van der Waals surface area contributed by atoms with E-state index in [0.29, 0.717) is 11.3 Å². The van der Waals surface area contributed by atoms with Gasteiger partial charge in [-0.05, 0) is 30.7 Å². The van der Waals surface area contributed by atoms with Gasteiger partial charge in [0.25, 0.3) is 5.91 Å². The summed E-state index contributed by atoms with van der Waals surface area (Å²) in [6.07, 6.45) is 1.26. The van der Waals surface area contributed by atoms with Crippen molar-refractivity contribution in [3.63, 3.8) is 0 Å². The summed E-state index contributed by atoms with van der Waals surface area (Å²) < 4.78 is 24.0. The number of anilines is 1. The molecule has 0 bridgehead atoms. The summed E-state index contributed by atoms with van der Waals surface area (Å²) in [4.78, 5) is 12.1. The topological polar surface area (TPSA) is 118 Å². The molecule has 114 valence electrons. The summed E-state index contributed by atoms with van der Waals surface area (Å²) in [7, 11) is -2.33. The molecule has 0 fully saturated rings. The van der Waals surface area contributed by atoms with Crippen LogP contribution in [0, 0.1) is 18.3 Å². The molecular weight excluding hydrogens is 304 g/mol. The van der Waals surface area contributed by atoms with Crippen molar-refractivity contribution in [2.24, 2.45) is 12.2 Å². The van der Waals surface area contributed by atoms with Gasteiger partial charge in [-0.3, -0.25) is 4.79 Å². The Labute approximate surface area is 128 Å². The van der Waals surface area contributed by atoms with Crippen molar-refractivity contribution in [2.45, 2.75) is 11.8 Å². The van der Waals surface area contributed by atoms with E-state index in [1.807, 2.05) is 6.07 Å². The second-order valence-corrected chi connectivity index (χ2v) is 6.37. The van der Waals surface area contributed by atoms with Crippen LogP contribution in [0.1, 0.15) is 21.6 Å². The Hall–Kier alpha value is -2.63. The maximum Gasteiger partial charge on any atom is 0.272 e. The van der Waals surface area contributed by atoms with Crippen molar-refractivity contribution in [1.29, 1.82) is 5.26 Å². The molecule has 0 aliphatic heterocycles. The number of rotatable bonds is 3. The summed E-state index contributed by atoms with van der Waals surface area (Å²) in [5.41, 5.74) is 1.85. The number of aromatic nitrogens is 1. The minimum Gasteiger partial charge on any atom is -0.345 e. The monoisotopic (exact) mass is 318 g/mol. The molecule has 0 saturated carbocycles. The van der Waals surface area contributed by atoms with Gasteiger partial charge < -0.3 is 9.88 Å². The van der Waals surface area contributed by atoms with Gasteiger partial charge in [-0.1, -0.05) is 6.07 Å². The highest BCUT2D eigenvalue weighted by Crippen LogP contribution is 2.17. The summed E-state index contributed by atoms with van der Waals surface area (Å²) >= 11 is 0. The number of amides is 1. The molecule has 2 rings (SSSR count). The molecule has 3 N–H and O–H groups in total. The number of aryl methyl sites for hydroxylation is 2. The molecule has 0 radical (unpaired) electrons. The van der Waals surface area contributed by atoms with E-state index in [2.05, 4.69) is 5.32 Å². The molecule has 2 aromatic rings. The van der Waals surface area contributed by atoms with Crippen LogP contribution in [0.5, 0.6) is 0 Å². The molecule has 8 heteroatoms. The van der Waals surface area contributed by atoms with E-state index in [1.54, 1.807) is 32.2 Å². The molecule has 0 aliphatic rings. The highest BCUT2D eigenvalue weighted by Gasteiger charge is 2.17. The van der Waals surface area contributed by atoms with Gasteiger partial charge in [-0.25, -0.2) is 13.6 Å². The van der Waals surface area contributed by atoms with Gasteiger partial charge in [0, 0.05) is 18.9 Å². The molecule has 7 nitrogen and oxygen atoms in total. The van der Waals surface area contributed by atoms with Gasteiger partial charge >= 0.3 is 0 Å². The zero-order valence-corrected chi connectivity index (χ0v) is 12.8. The first-order valence-electron chi connectivity index (χ1n) is 6.23. The lowest BCUT2D eigenvalue weighted by Crippen LogP contribution is -2.15. The van der Waals surface area contributed by atoms with E-state index in [-0.39, 0.29) is 10.6 Å². The average molecular weight is 318 g/mol. The Morgan fingerprint density at radius 1 is 1.36 bits per heavy atom. The van der Waals surface area contributed by atoms with Gasteiger partial charge in [0.15, 0.2) is 0 Å². The maximum atomic E-state index is 12.2. The predicted octanol–water partition coefficient (Wildman–Crippen LogP) is 1.10. The number of sulfonamides is 1. The molecule has 1 aromatic heterocycles. The van der Waals surface area contributed by atoms with Gasteiger partial charge in [0.2, 0.25) is 10.0 Å². The number of nitrogens with two attached hydrogens (primary N) is 1. The third-order valence-electron chi connectivity index (χ3n) is 3.16. The molecule has 1 aromatic carbocycles. The van der Waals surface area contributed by atoms with Crippen LogP contribution in [0.3, 0.4) is 0 Å². The first kappa shape index (κ1) is 15.8. The minimum absolute atomic E-state index is 0.137. The standard InChI is InChI=1S/C14H14N4O3S/c1-9-3-4-11(5-10(9)7-15)17-14(19)13-6-12(8-18(13)2)22(16,20)21/h3-6,8H,1-2H3,(H,17,19)(H2,16,20,21). The van der Waals surface area contributed by atoms with E-state index in [9.17, 15) is 13.2 Å². The van der Waals surface area contributed by atoms with E-state index in [4.69, 9.17) is 10.4 Å².